The normalized spacial score (nSPS) is 18.8. The zero-order valence-electron chi connectivity index (χ0n) is 15.9. The van der Waals surface area contributed by atoms with Crippen molar-refractivity contribution in [2.75, 3.05) is 56.0 Å². The minimum absolute atomic E-state index is 0.0769. The van der Waals surface area contributed by atoms with Crippen LogP contribution in [0.3, 0.4) is 0 Å². The smallest absolute Gasteiger partial charge is 0.231 e. The molecule has 1 fully saturated rings. The summed E-state index contributed by atoms with van der Waals surface area (Å²) in [7, 11) is 1.59. The fourth-order valence-corrected chi connectivity index (χ4v) is 3.63. The van der Waals surface area contributed by atoms with Crippen molar-refractivity contribution in [3.8, 4) is 11.5 Å². The Morgan fingerprint density at radius 1 is 1.18 bits per heavy atom. The fraction of sp³-hybridized carbons (Fsp3) is 0.381. The standard InChI is InChI=1S/C21H25N3O4/c1-26-19-7-6-18(22)17-12-14(13-28-20(17)19)21(25)23-15-2-4-16(5-3-15)24-8-10-27-11-9-24/h2-7,14H,8-13,22H2,1H3,(H,23,25)/t14-/m0/s1. The van der Waals surface area contributed by atoms with Gasteiger partial charge in [0, 0.05) is 35.7 Å². The lowest BCUT2D eigenvalue weighted by molar-refractivity contribution is -0.121. The van der Waals surface area contributed by atoms with Crippen molar-refractivity contribution in [3.63, 3.8) is 0 Å². The number of anilines is 3. The zero-order chi connectivity index (χ0) is 19.5. The third-order valence-electron chi connectivity index (χ3n) is 5.24. The number of ether oxygens (including phenoxy) is 3. The molecule has 4 rings (SSSR count). The number of fused-ring (bicyclic) bond motifs is 1. The average Bonchev–Trinajstić information content (AvgIpc) is 2.75. The molecule has 0 aromatic heterocycles. The van der Waals surface area contributed by atoms with E-state index in [-0.39, 0.29) is 11.8 Å². The van der Waals surface area contributed by atoms with Gasteiger partial charge in [-0.3, -0.25) is 4.79 Å². The summed E-state index contributed by atoms with van der Waals surface area (Å²) >= 11 is 0. The molecule has 2 aromatic carbocycles. The largest absolute Gasteiger partial charge is 0.493 e. The van der Waals surface area contributed by atoms with Crippen LogP contribution in [0.25, 0.3) is 0 Å². The lowest BCUT2D eigenvalue weighted by Crippen LogP contribution is -2.36. The predicted octanol–water partition coefficient (Wildman–Crippen LogP) is 2.30. The fourth-order valence-electron chi connectivity index (χ4n) is 3.63. The summed E-state index contributed by atoms with van der Waals surface area (Å²) in [4.78, 5) is 15.0. The van der Waals surface area contributed by atoms with E-state index in [1.165, 1.54) is 0 Å². The lowest BCUT2D eigenvalue weighted by atomic mass is 9.94. The van der Waals surface area contributed by atoms with Crippen LogP contribution in [-0.2, 0) is 16.0 Å². The Morgan fingerprint density at radius 2 is 1.93 bits per heavy atom. The number of methoxy groups -OCH3 is 1. The Kier molecular flexibility index (Phi) is 5.25. The van der Waals surface area contributed by atoms with Gasteiger partial charge in [-0.15, -0.1) is 0 Å². The third-order valence-corrected chi connectivity index (χ3v) is 5.24. The van der Waals surface area contributed by atoms with Gasteiger partial charge in [0.25, 0.3) is 0 Å². The zero-order valence-corrected chi connectivity index (χ0v) is 15.9. The number of carbonyl (C=O) groups is 1. The average molecular weight is 383 g/mol. The van der Waals surface area contributed by atoms with E-state index in [0.717, 1.165) is 43.2 Å². The van der Waals surface area contributed by atoms with Crippen LogP contribution in [0, 0.1) is 5.92 Å². The molecule has 0 bridgehead atoms. The molecule has 0 radical (unpaired) electrons. The molecule has 2 aliphatic rings. The van der Waals surface area contributed by atoms with Crippen molar-refractivity contribution in [2.45, 2.75) is 6.42 Å². The van der Waals surface area contributed by atoms with Gasteiger partial charge in [0.2, 0.25) is 5.91 Å². The van der Waals surface area contributed by atoms with Crippen LogP contribution in [0.5, 0.6) is 11.5 Å². The molecule has 0 saturated carbocycles. The van der Waals surface area contributed by atoms with Crippen molar-refractivity contribution < 1.29 is 19.0 Å². The van der Waals surface area contributed by atoms with E-state index in [4.69, 9.17) is 19.9 Å². The van der Waals surface area contributed by atoms with Gasteiger partial charge in [-0.2, -0.15) is 0 Å². The topological polar surface area (TPSA) is 86.0 Å². The number of benzene rings is 2. The van der Waals surface area contributed by atoms with Gasteiger partial charge >= 0.3 is 0 Å². The Bertz CT molecular complexity index is 847. The molecule has 0 aliphatic carbocycles. The first kappa shape index (κ1) is 18.4. The van der Waals surface area contributed by atoms with Crippen molar-refractivity contribution in [1.29, 1.82) is 0 Å². The minimum Gasteiger partial charge on any atom is -0.493 e. The van der Waals surface area contributed by atoms with E-state index in [1.54, 1.807) is 19.2 Å². The van der Waals surface area contributed by atoms with Crippen LogP contribution in [-0.4, -0.2) is 45.9 Å². The summed E-state index contributed by atoms with van der Waals surface area (Å²) in [6.07, 6.45) is 0.524. The number of nitrogens with two attached hydrogens (primary N) is 1. The van der Waals surface area contributed by atoms with Crippen LogP contribution in [0.1, 0.15) is 5.56 Å². The maximum atomic E-state index is 12.7. The summed E-state index contributed by atoms with van der Waals surface area (Å²) in [5.41, 5.74) is 9.43. The number of carbonyl (C=O) groups excluding carboxylic acids is 1. The van der Waals surface area contributed by atoms with E-state index < -0.39 is 0 Å². The SMILES string of the molecule is COc1ccc(N)c2c1OC[C@@H](C(=O)Nc1ccc(N3CCOCC3)cc1)C2. The van der Waals surface area contributed by atoms with Crippen LogP contribution in [0.2, 0.25) is 0 Å². The van der Waals surface area contributed by atoms with Gasteiger partial charge < -0.3 is 30.2 Å². The number of rotatable bonds is 4. The maximum absolute atomic E-state index is 12.7. The molecule has 0 spiro atoms. The highest BCUT2D eigenvalue weighted by atomic mass is 16.5. The summed E-state index contributed by atoms with van der Waals surface area (Å²) in [6, 6.07) is 11.5. The molecule has 1 amide bonds. The van der Waals surface area contributed by atoms with E-state index in [1.807, 2.05) is 24.3 Å². The number of nitrogens with one attached hydrogen (secondary N) is 1. The number of hydrogen-bond donors (Lipinski definition) is 2. The highest BCUT2D eigenvalue weighted by Crippen LogP contribution is 2.39. The quantitative estimate of drug-likeness (QED) is 0.788. The van der Waals surface area contributed by atoms with Crippen LogP contribution >= 0.6 is 0 Å². The highest BCUT2D eigenvalue weighted by Gasteiger charge is 2.29. The van der Waals surface area contributed by atoms with E-state index in [9.17, 15) is 4.79 Å². The van der Waals surface area contributed by atoms with Crippen LogP contribution < -0.4 is 25.4 Å². The second-order valence-corrected chi connectivity index (χ2v) is 7.01. The Balaban J connectivity index is 1.42. The van der Waals surface area contributed by atoms with E-state index >= 15 is 0 Å². The van der Waals surface area contributed by atoms with Crippen molar-refractivity contribution >= 4 is 23.0 Å². The monoisotopic (exact) mass is 383 g/mol. The molecule has 2 aromatic rings. The summed E-state index contributed by atoms with van der Waals surface area (Å²) in [5, 5.41) is 2.99. The number of morpholine rings is 1. The number of hydrogen-bond acceptors (Lipinski definition) is 6. The molecule has 2 heterocycles. The molecule has 1 saturated heterocycles. The van der Waals surface area contributed by atoms with Gasteiger partial charge in [-0.25, -0.2) is 0 Å². The van der Waals surface area contributed by atoms with Crippen molar-refractivity contribution in [2.24, 2.45) is 5.92 Å². The molecule has 7 heteroatoms. The minimum atomic E-state index is -0.305. The van der Waals surface area contributed by atoms with E-state index in [2.05, 4.69) is 10.2 Å². The molecule has 148 valence electrons. The third kappa shape index (κ3) is 3.71. The second-order valence-electron chi connectivity index (χ2n) is 7.01. The van der Waals surface area contributed by atoms with Gasteiger partial charge in [0.15, 0.2) is 11.5 Å². The lowest BCUT2D eigenvalue weighted by Gasteiger charge is -2.29. The molecule has 7 nitrogen and oxygen atoms in total. The Hall–Kier alpha value is -2.93. The van der Waals surface area contributed by atoms with Crippen molar-refractivity contribution in [3.05, 3.63) is 42.0 Å². The molecule has 0 unspecified atom stereocenters. The van der Waals surface area contributed by atoms with E-state index in [0.29, 0.717) is 30.2 Å². The van der Waals surface area contributed by atoms with Crippen LogP contribution in [0.15, 0.2) is 36.4 Å². The van der Waals surface area contributed by atoms with Gasteiger partial charge in [0.05, 0.1) is 26.2 Å². The molecular formula is C21H25N3O4. The Labute approximate surface area is 164 Å². The molecule has 2 aliphatic heterocycles. The first-order valence-corrected chi connectivity index (χ1v) is 9.47. The Morgan fingerprint density at radius 3 is 2.64 bits per heavy atom. The van der Waals surface area contributed by atoms with Crippen molar-refractivity contribution in [1.82, 2.24) is 0 Å². The predicted molar refractivity (Wildman–Crippen MR) is 108 cm³/mol. The van der Waals surface area contributed by atoms with Gasteiger partial charge in [-0.1, -0.05) is 0 Å². The first-order valence-electron chi connectivity index (χ1n) is 9.47. The first-order chi connectivity index (χ1) is 13.7. The highest BCUT2D eigenvalue weighted by molar-refractivity contribution is 5.93. The number of nitrogen functional groups attached to an aromatic ring is 1. The summed E-state index contributed by atoms with van der Waals surface area (Å²) < 4.78 is 16.5. The molecule has 3 N–H and O–H groups in total. The molecular weight excluding hydrogens is 358 g/mol. The maximum Gasteiger partial charge on any atom is 0.231 e. The second kappa shape index (κ2) is 7.98. The number of nitrogens with zero attached hydrogens (tertiary/aromatic N) is 1. The summed E-state index contributed by atoms with van der Waals surface area (Å²) in [6.45, 7) is 3.56. The molecule has 1 atom stereocenters. The summed E-state index contributed by atoms with van der Waals surface area (Å²) in [5.74, 6) is 0.899. The molecule has 28 heavy (non-hydrogen) atoms. The van der Waals surface area contributed by atoms with Crippen LogP contribution in [0.4, 0.5) is 17.1 Å². The number of amides is 1. The van der Waals surface area contributed by atoms with Gasteiger partial charge in [0.1, 0.15) is 6.61 Å². The van der Waals surface area contributed by atoms with Gasteiger partial charge in [-0.05, 0) is 42.8 Å².